The number of hydrogen-bond acceptors (Lipinski definition) is 4. The monoisotopic (exact) mass is 223 g/mol. The predicted octanol–water partition coefficient (Wildman–Crippen LogP) is 0.894. The van der Waals surface area contributed by atoms with Gasteiger partial charge in [-0.3, -0.25) is 0 Å². The second-order valence-electron chi connectivity index (χ2n) is 4.11. The van der Waals surface area contributed by atoms with Crippen molar-refractivity contribution in [2.45, 2.75) is 38.8 Å². The van der Waals surface area contributed by atoms with E-state index in [1.54, 1.807) is 13.1 Å². The van der Waals surface area contributed by atoms with E-state index in [0.717, 1.165) is 18.7 Å². The molecule has 5 nitrogen and oxygen atoms in total. The lowest BCUT2D eigenvalue weighted by atomic mass is 10.0. The highest BCUT2D eigenvalue weighted by Crippen LogP contribution is 2.23. The second-order valence-corrected chi connectivity index (χ2v) is 4.11. The standard InChI is InChI=1S/C11H17N3O2/c1-3-16-11(15)9-6-14-7(2)8(12)4-5-10(14)13-9/h6-8H,3-5,12H2,1-2H3. The minimum atomic E-state index is -0.356. The van der Waals surface area contributed by atoms with Gasteiger partial charge in [0.05, 0.1) is 6.61 Å². The van der Waals surface area contributed by atoms with E-state index in [-0.39, 0.29) is 18.1 Å². The van der Waals surface area contributed by atoms with Gasteiger partial charge >= 0.3 is 5.97 Å². The number of fused-ring (bicyclic) bond motifs is 1. The van der Waals surface area contributed by atoms with Crippen molar-refractivity contribution in [1.82, 2.24) is 9.55 Å². The maximum atomic E-state index is 11.5. The molecule has 1 aromatic rings. The Morgan fingerprint density at radius 3 is 3.19 bits per heavy atom. The molecule has 88 valence electrons. The number of imidazole rings is 1. The molecule has 1 aromatic heterocycles. The van der Waals surface area contributed by atoms with Crippen LogP contribution in [0.3, 0.4) is 0 Å². The summed E-state index contributed by atoms with van der Waals surface area (Å²) in [4.78, 5) is 15.8. The Labute approximate surface area is 94.6 Å². The fraction of sp³-hybridized carbons (Fsp3) is 0.636. The van der Waals surface area contributed by atoms with Crippen LogP contribution in [0.2, 0.25) is 0 Å². The van der Waals surface area contributed by atoms with Crippen LogP contribution in [-0.4, -0.2) is 28.2 Å². The van der Waals surface area contributed by atoms with Crippen molar-refractivity contribution in [2.75, 3.05) is 6.61 Å². The number of aryl methyl sites for hydroxylation is 1. The average molecular weight is 223 g/mol. The summed E-state index contributed by atoms with van der Waals surface area (Å²) in [6.45, 7) is 4.20. The molecule has 0 bridgehead atoms. The van der Waals surface area contributed by atoms with Gasteiger partial charge < -0.3 is 15.0 Å². The number of nitrogens with zero attached hydrogens (tertiary/aromatic N) is 2. The Morgan fingerprint density at radius 2 is 2.50 bits per heavy atom. The highest BCUT2D eigenvalue weighted by atomic mass is 16.5. The molecule has 2 N–H and O–H groups in total. The molecule has 2 atom stereocenters. The van der Waals surface area contributed by atoms with Crippen molar-refractivity contribution in [3.05, 3.63) is 17.7 Å². The van der Waals surface area contributed by atoms with Crippen molar-refractivity contribution in [3.8, 4) is 0 Å². The minimum Gasteiger partial charge on any atom is -0.461 e. The Balaban J connectivity index is 2.26. The molecule has 5 heteroatoms. The molecule has 16 heavy (non-hydrogen) atoms. The maximum absolute atomic E-state index is 11.5. The smallest absolute Gasteiger partial charge is 0.358 e. The van der Waals surface area contributed by atoms with E-state index >= 15 is 0 Å². The summed E-state index contributed by atoms with van der Waals surface area (Å²) < 4.78 is 6.91. The Hall–Kier alpha value is -1.36. The summed E-state index contributed by atoms with van der Waals surface area (Å²) >= 11 is 0. The molecular weight excluding hydrogens is 206 g/mol. The van der Waals surface area contributed by atoms with Gasteiger partial charge in [-0.1, -0.05) is 0 Å². The third kappa shape index (κ3) is 1.82. The van der Waals surface area contributed by atoms with Crippen molar-refractivity contribution < 1.29 is 9.53 Å². The summed E-state index contributed by atoms with van der Waals surface area (Å²) in [6, 6.07) is 0.330. The third-order valence-corrected chi connectivity index (χ3v) is 3.05. The first-order chi connectivity index (χ1) is 7.63. The molecule has 2 rings (SSSR count). The maximum Gasteiger partial charge on any atom is 0.358 e. The van der Waals surface area contributed by atoms with Gasteiger partial charge in [0.15, 0.2) is 5.69 Å². The number of aromatic nitrogens is 2. The van der Waals surface area contributed by atoms with Crippen LogP contribution in [0.4, 0.5) is 0 Å². The quantitative estimate of drug-likeness (QED) is 0.756. The van der Waals surface area contributed by atoms with E-state index in [4.69, 9.17) is 10.5 Å². The number of rotatable bonds is 2. The van der Waals surface area contributed by atoms with Crippen LogP contribution in [0, 0.1) is 0 Å². The highest BCUT2D eigenvalue weighted by Gasteiger charge is 2.26. The number of hydrogen-bond donors (Lipinski definition) is 1. The number of ether oxygens (including phenoxy) is 1. The van der Waals surface area contributed by atoms with Crippen molar-refractivity contribution >= 4 is 5.97 Å². The van der Waals surface area contributed by atoms with Gasteiger partial charge in [0, 0.05) is 24.7 Å². The fourth-order valence-corrected chi connectivity index (χ4v) is 2.02. The van der Waals surface area contributed by atoms with Crippen LogP contribution in [0.25, 0.3) is 0 Å². The van der Waals surface area contributed by atoms with Crippen LogP contribution >= 0.6 is 0 Å². The third-order valence-electron chi connectivity index (χ3n) is 3.05. The number of nitrogens with two attached hydrogens (primary N) is 1. The van der Waals surface area contributed by atoms with Gasteiger partial charge in [-0.05, 0) is 20.3 Å². The molecule has 0 radical (unpaired) electrons. The number of esters is 1. The van der Waals surface area contributed by atoms with Crippen LogP contribution in [-0.2, 0) is 11.2 Å². The van der Waals surface area contributed by atoms with E-state index in [1.165, 1.54) is 0 Å². The summed E-state index contributed by atoms with van der Waals surface area (Å²) in [5.74, 6) is 0.572. The van der Waals surface area contributed by atoms with Crippen LogP contribution in [0.15, 0.2) is 6.20 Å². The number of carbonyl (C=O) groups excluding carboxylic acids is 1. The lowest BCUT2D eigenvalue weighted by molar-refractivity contribution is 0.0520. The highest BCUT2D eigenvalue weighted by molar-refractivity contribution is 5.87. The topological polar surface area (TPSA) is 70.1 Å². The second kappa shape index (κ2) is 4.25. The van der Waals surface area contributed by atoms with E-state index in [2.05, 4.69) is 4.98 Å². The van der Waals surface area contributed by atoms with Crippen LogP contribution in [0.5, 0.6) is 0 Å². The fourth-order valence-electron chi connectivity index (χ4n) is 2.02. The van der Waals surface area contributed by atoms with Crippen molar-refractivity contribution in [3.63, 3.8) is 0 Å². The molecule has 0 aliphatic carbocycles. The summed E-state index contributed by atoms with van der Waals surface area (Å²) in [6.07, 6.45) is 3.49. The molecule has 0 saturated carbocycles. The molecule has 0 amide bonds. The normalized spacial score (nSPS) is 23.9. The van der Waals surface area contributed by atoms with Gasteiger partial charge in [-0.2, -0.15) is 0 Å². The van der Waals surface area contributed by atoms with E-state index in [9.17, 15) is 4.79 Å². The minimum absolute atomic E-state index is 0.136. The molecule has 0 fully saturated rings. The Kier molecular flexibility index (Phi) is 2.96. The van der Waals surface area contributed by atoms with Crippen molar-refractivity contribution in [1.29, 1.82) is 0 Å². The first-order valence-corrected chi connectivity index (χ1v) is 5.64. The summed E-state index contributed by atoms with van der Waals surface area (Å²) in [5, 5.41) is 0. The molecule has 2 heterocycles. The van der Waals surface area contributed by atoms with Gasteiger partial charge in [0.25, 0.3) is 0 Å². The molecular formula is C11H17N3O2. The van der Waals surface area contributed by atoms with Crippen molar-refractivity contribution in [2.24, 2.45) is 5.73 Å². The van der Waals surface area contributed by atoms with Crippen LogP contribution < -0.4 is 5.73 Å². The molecule has 0 saturated heterocycles. The number of carbonyl (C=O) groups is 1. The average Bonchev–Trinajstić information content (AvgIpc) is 2.69. The van der Waals surface area contributed by atoms with Gasteiger partial charge in [-0.25, -0.2) is 9.78 Å². The Bertz CT molecular complexity index is 400. The Morgan fingerprint density at radius 1 is 1.75 bits per heavy atom. The molecule has 1 aliphatic rings. The SMILES string of the molecule is CCOC(=O)c1cn2c(n1)CCC(N)C2C. The molecule has 0 aromatic carbocycles. The van der Waals surface area contributed by atoms with Gasteiger partial charge in [0.1, 0.15) is 5.82 Å². The zero-order valence-electron chi connectivity index (χ0n) is 9.64. The van der Waals surface area contributed by atoms with Gasteiger partial charge in [0.2, 0.25) is 0 Å². The molecule has 1 aliphatic heterocycles. The van der Waals surface area contributed by atoms with E-state index in [0.29, 0.717) is 12.3 Å². The molecule has 2 unspecified atom stereocenters. The predicted molar refractivity (Wildman–Crippen MR) is 59.2 cm³/mol. The summed E-state index contributed by atoms with van der Waals surface area (Å²) in [5.41, 5.74) is 6.36. The lowest BCUT2D eigenvalue weighted by Gasteiger charge is -2.27. The van der Waals surface area contributed by atoms with Gasteiger partial charge in [-0.15, -0.1) is 0 Å². The first-order valence-electron chi connectivity index (χ1n) is 5.64. The van der Waals surface area contributed by atoms with E-state index < -0.39 is 0 Å². The zero-order valence-corrected chi connectivity index (χ0v) is 9.64. The zero-order chi connectivity index (χ0) is 11.7. The largest absolute Gasteiger partial charge is 0.461 e. The first kappa shape index (κ1) is 11.1. The van der Waals surface area contributed by atoms with Crippen LogP contribution in [0.1, 0.15) is 42.6 Å². The molecule has 0 spiro atoms. The van der Waals surface area contributed by atoms with E-state index in [1.807, 2.05) is 11.5 Å². The lowest BCUT2D eigenvalue weighted by Crippen LogP contribution is -2.35. The summed E-state index contributed by atoms with van der Waals surface area (Å²) in [7, 11) is 0.